The normalized spacial score (nSPS) is 20.3. The number of likely N-dealkylation sites (N-methyl/N-ethyl adjacent to an activating group) is 2. The molecule has 1 atom stereocenters. The number of anilines is 1. The first kappa shape index (κ1) is 13.2. The van der Waals surface area contributed by atoms with Gasteiger partial charge in [-0.1, -0.05) is 0 Å². The lowest BCUT2D eigenvalue weighted by Gasteiger charge is -2.27. The predicted molar refractivity (Wildman–Crippen MR) is 71.0 cm³/mol. The Bertz CT molecular complexity index is 410. The maximum Gasteiger partial charge on any atom is 0.141 e. The Balaban J connectivity index is 2.10. The minimum atomic E-state index is -0.328. The van der Waals surface area contributed by atoms with Gasteiger partial charge in [0.25, 0.3) is 0 Å². The molecule has 0 aromatic carbocycles. The molecular weight excluding hydrogens is 231 g/mol. The van der Waals surface area contributed by atoms with Crippen LogP contribution in [0.1, 0.15) is 18.4 Å². The number of hydrogen-bond acceptors (Lipinski definition) is 4. The third kappa shape index (κ3) is 2.79. The molecule has 5 heteroatoms. The van der Waals surface area contributed by atoms with E-state index in [1.807, 2.05) is 7.05 Å². The van der Waals surface area contributed by atoms with Gasteiger partial charge in [-0.05, 0) is 32.5 Å². The van der Waals surface area contributed by atoms with E-state index in [-0.39, 0.29) is 5.82 Å². The van der Waals surface area contributed by atoms with Crippen LogP contribution < -0.4 is 10.6 Å². The number of likely N-dealkylation sites (tertiary alicyclic amines) is 1. The predicted octanol–water partition coefficient (Wildman–Crippen LogP) is 1.21. The molecule has 1 aliphatic heterocycles. The van der Waals surface area contributed by atoms with Gasteiger partial charge < -0.3 is 15.5 Å². The van der Waals surface area contributed by atoms with Crippen LogP contribution in [0, 0.1) is 5.82 Å². The van der Waals surface area contributed by atoms with E-state index >= 15 is 0 Å². The zero-order chi connectivity index (χ0) is 13.1. The molecule has 1 aromatic heterocycles. The van der Waals surface area contributed by atoms with Crippen molar-refractivity contribution in [2.45, 2.75) is 25.4 Å². The van der Waals surface area contributed by atoms with E-state index < -0.39 is 0 Å². The average Bonchev–Trinajstić information content (AvgIpc) is 2.74. The van der Waals surface area contributed by atoms with Gasteiger partial charge in [-0.25, -0.2) is 9.37 Å². The van der Waals surface area contributed by atoms with Crippen LogP contribution in [-0.2, 0) is 6.54 Å². The first-order valence-corrected chi connectivity index (χ1v) is 6.37. The molecule has 1 unspecified atom stereocenters. The minimum Gasteiger partial charge on any atom is -0.358 e. The highest BCUT2D eigenvalue weighted by Crippen LogP contribution is 2.21. The molecule has 0 aliphatic carbocycles. The largest absolute Gasteiger partial charge is 0.358 e. The third-order valence-corrected chi connectivity index (χ3v) is 3.65. The van der Waals surface area contributed by atoms with Crippen molar-refractivity contribution in [3.8, 4) is 0 Å². The summed E-state index contributed by atoms with van der Waals surface area (Å²) in [6, 6.07) is 2.02. The van der Waals surface area contributed by atoms with Gasteiger partial charge in [-0.15, -0.1) is 0 Å². The van der Waals surface area contributed by atoms with Crippen molar-refractivity contribution in [1.82, 2.24) is 9.88 Å². The van der Waals surface area contributed by atoms with E-state index in [1.54, 1.807) is 0 Å². The molecule has 100 valence electrons. The van der Waals surface area contributed by atoms with Crippen molar-refractivity contribution in [2.24, 2.45) is 5.73 Å². The molecular formula is C13H21FN4. The lowest BCUT2D eigenvalue weighted by molar-refractivity contribution is 0.314. The summed E-state index contributed by atoms with van der Waals surface area (Å²) in [5, 5.41) is 0. The van der Waals surface area contributed by atoms with Crippen molar-refractivity contribution < 1.29 is 4.39 Å². The molecule has 2 heterocycles. The zero-order valence-corrected chi connectivity index (χ0v) is 11.1. The van der Waals surface area contributed by atoms with Crippen LogP contribution >= 0.6 is 0 Å². The minimum absolute atomic E-state index is 0.310. The fourth-order valence-corrected chi connectivity index (χ4v) is 2.58. The Morgan fingerprint density at radius 1 is 1.61 bits per heavy atom. The molecule has 2 rings (SSSR count). The Morgan fingerprint density at radius 2 is 2.39 bits per heavy atom. The highest BCUT2D eigenvalue weighted by Gasteiger charge is 2.23. The Kier molecular flexibility index (Phi) is 4.14. The first-order valence-electron chi connectivity index (χ1n) is 6.37. The molecule has 1 aliphatic rings. The summed E-state index contributed by atoms with van der Waals surface area (Å²) in [7, 11) is 4.14. The van der Waals surface area contributed by atoms with Crippen LogP contribution in [0.15, 0.2) is 12.3 Å². The van der Waals surface area contributed by atoms with Gasteiger partial charge in [0.2, 0.25) is 0 Å². The molecule has 2 N–H and O–H groups in total. The van der Waals surface area contributed by atoms with Crippen molar-refractivity contribution in [1.29, 1.82) is 0 Å². The van der Waals surface area contributed by atoms with E-state index in [9.17, 15) is 4.39 Å². The SMILES string of the molecule is CN(CC1CCCN1C)c1ncc(F)cc1CN. The van der Waals surface area contributed by atoms with E-state index in [0.717, 1.165) is 24.5 Å². The van der Waals surface area contributed by atoms with E-state index in [0.29, 0.717) is 12.6 Å². The maximum absolute atomic E-state index is 13.1. The van der Waals surface area contributed by atoms with Gasteiger partial charge in [0.15, 0.2) is 0 Å². The molecule has 0 saturated carbocycles. The molecule has 1 fully saturated rings. The van der Waals surface area contributed by atoms with Crippen molar-refractivity contribution in [3.63, 3.8) is 0 Å². The summed E-state index contributed by atoms with van der Waals surface area (Å²) in [6.07, 6.45) is 3.71. The van der Waals surface area contributed by atoms with Crippen molar-refractivity contribution in [2.75, 3.05) is 32.1 Å². The number of rotatable bonds is 4. The topological polar surface area (TPSA) is 45.4 Å². The van der Waals surface area contributed by atoms with Gasteiger partial charge in [0.05, 0.1) is 6.20 Å². The number of nitrogens with two attached hydrogens (primary N) is 1. The molecule has 1 aromatic rings. The molecule has 0 bridgehead atoms. The van der Waals surface area contributed by atoms with Gasteiger partial charge in [-0.3, -0.25) is 0 Å². The second-order valence-electron chi connectivity index (χ2n) is 5.00. The summed E-state index contributed by atoms with van der Waals surface area (Å²) in [5.74, 6) is 0.463. The smallest absolute Gasteiger partial charge is 0.141 e. The van der Waals surface area contributed by atoms with E-state index in [1.165, 1.54) is 25.1 Å². The van der Waals surface area contributed by atoms with E-state index in [4.69, 9.17) is 5.73 Å². The second kappa shape index (κ2) is 5.63. The number of halogens is 1. The summed E-state index contributed by atoms with van der Waals surface area (Å²) in [5.41, 5.74) is 6.41. The van der Waals surface area contributed by atoms with Crippen LogP contribution in [0.2, 0.25) is 0 Å². The van der Waals surface area contributed by atoms with Gasteiger partial charge in [-0.2, -0.15) is 0 Å². The standard InChI is InChI=1S/C13H21FN4/c1-17-5-3-4-12(17)9-18(2)13-10(7-15)6-11(14)8-16-13/h6,8,12H,3-5,7,9,15H2,1-2H3. The van der Waals surface area contributed by atoms with Gasteiger partial charge in [0, 0.05) is 31.7 Å². The van der Waals surface area contributed by atoms with Crippen LogP contribution in [0.4, 0.5) is 10.2 Å². The average molecular weight is 252 g/mol. The molecule has 4 nitrogen and oxygen atoms in total. The highest BCUT2D eigenvalue weighted by atomic mass is 19.1. The van der Waals surface area contributed by atoms with Crippen molar-refractivity contribution in [3.05, 3.63) is 23.6 Å². The van der Waals surface area contributed by atoms with Crippen molar-refractivity contribution >= 4 is 5.82 Å². The first-order chi connectivity index (χ1) is 8.61. The van der Waals surface area contributed by atoms with Gasteiger partial charge >= 0.3 is 0 Å². The maximum atomic E-state index is 13.1. The van der Waals surface area contributed by atoms with Crippen LogP contribution in [-0.4, -0.2) is 43.1 Å². The van der Waals surface area contributed by atoms with E-state index in [2.05, 4.69) is 21.8 Å². The highest BCUT2D eigenvalue weighted by molar-refractivity contribution is 5.46. The summed E-state index contributed by atoms with van der Waals surface area (Å²) >= 11 is 0. The summed E-state index contributed by atoms with van der Waals surface area (Å²) in [4.78, 5) is 8.61. The molecule has 0 amide bonds. The summed E-state index contributed by atoms with van der Waals surface area (Å²) in [6.45, 7) is 2.37. The molecule has 1 saturated heterocycles. The molecule has 18 heavy (non-hydrogen) atoms. The van der Waals surface area contributed by atoms with Crippen LogP contribution in [0.25, 0.3) is 0 Å². The van der Waals surface area contributed by atoms with Gasteiger partial charge in [0.1, 0.15) is 11.6 Å². The lowest BCUT2D eigenvalue weighted by Crippen LogP contribution is -2.37. The summed E-state index contributed by atoms with van der Waals surface area (Å²) < 4.78 is 13.1. The third-order valence-electron chi connectivity index (χ3n) is 3.65. The number of nitrogens with zero attached hydrogens (tertiary/aromatic N) is 3. The fraction of sp³-hybridized carbons (Fsp3) is 0.615. The Labute approximate surface area is 108 Å². The lowest BCUT2D eigenvalue weighted by atomic mass is 10.2. The second-order valence-corrected chi connectivity index (χ2v) is 5.00. The number of hydrogen-bond donors (Lipinski definition) is 1. The Hall–Kier alpha value is -1.20. The van der Waals surface area contributed by atoms with Crippen LogP contribution in [0.3, 0.4) is 0 Å². The quantitative estimate of drug-likeness (QED) is 0.875. The number of aromatic nitrogens is 1. The van der Waals surface area contributed by atoms with Crippen LogP contribution in [0.5, 0.6) is 0 Å². The fourth-order valence-electron chi connectivity index (χ4n) is 2.58. The number of pyridine rings is 1. The zero-order valence-electron chi connectivity index (χ0n) is 11.1. The monoisotopic (exact) mass is 252 g/mol. The Morgan fingerprint density at radius 3 is 3.00 bits per heavy atom. The molecule has 0 spiro atoms. The molecule has 0 radical (unpaired) electrons.